The molecule has 3 rings (SSSR count). The number of aryl methyl sites for hydroxylation is 1. The molecule has 1 aliphatic rings. The van der Waals surface area contributed by atoms with Crippen molar-refractivity contribution >= 4 is 11.9 Å². The van der Waals surface area contributed by atoms with Crippen LogP contribution in [0.25, 0.3) is 0 Å². The van der Waals surface area contributed by atoms with Gasteiger partial charge in [-0.15, -0.1) is 0 Å². The van der Waals surface area contributed by atoms with Gasteiger partial charge in [0.1, 0.15) is 5.75 Å². The quantitative estimate of drug-likeness (QED) is 0.745. The van der Waals surface area contributed by atoms with E-state index >= 15 is 0 Å². The number of hydrogen-bond donors (Lipinski definition) is 1. The zero-order valence-corrected chi connectivity index (χ0v) is 13.1. The molecular weight excluding hydrogens is 270 g/mol. The zero-order valence-electron chi connectivity index (χ0n) is 13.1. The van der Waals surface area contributed by atoms with Crippen molar-refractivity contribution in [3.63, 3.8) is 0 Å². The molecule has 2 nitrogen and oxygen atoms in total. The van der Waals surface area contributed by atoms with Gasteiger partial charge in [0.25, 0.3) is 0 Å². The lowest BCUT2D eigenvalue weighted by molar-refractivity contribution is 0.444. The maximum absolute atomic E-state index is 9.88. The van der Waals surface area contributed by atoms with E-state index in [1.165, 1.54) is 43.2 Å². The molecule has 2 aromatic rings. The lowest BCUT2D eigenvalue weighted by Crippen LogP contribution is -2.05. The predicted octanol–water partition coefficient (Wildman–Crippen LogP) is 5.50. The van der Waals surface area contributed by atoms with Crippen LogP contribution in [0.3, 0.4) is 0 Å². The van der Waals surface area contributed by atoms with Gasteiger partial charge in [-0.3, -0.25) is 4.99 Å². The van der Waals surface area contributed by atoms with Crippen LogP contribution in [0, 0.1) is 6.92 Å². The molecular formula is C20H23NO. The summed E-state index contributed by atoms with van der Waals surface area (Å²) in [4.78, 5) is 4.73. The van der Waals surface area contributed by atoms with Crippen LogP contribution in [-0.4, -0.2) is 11.3 Å². The van der Waals surface area contributed by atoms with E-state index in [-0.39, 0.29) is 5.75 Å². The van der Waals surface area contributed by atoms with E-state index in [4.69, 9.17) is 4.99 Å². The van der Waals surface area contributed by atoms with E-state index in [1.54, 1.807) is 12.3 Å². The highest BCUT2D eigenvalue weighted by molar-refractivity contribution is 5.85. The fourth-order valence-electron chi connectivity index (χ4n) is 3.33. The first-order chi connectivity index (χ1) is 10.8. The molecule has 22 heavy (non-hydrogen) atoms. The number of rotatable bonds is 3. The molecule has 0 heterocycles. The number of aliphatic imine (C=N–C) groups is 1. The molecule has 2 heteroatoms. The monoisotopic (exact) mass is 293 g/mol. The largest absolute Gasteiger partial charge is 0.507 e. The molecule has 0 aromatic heterocycles. The third-order valence-corrected chi connectivity index (χ3v) is 4.58. The molecule has 0 radical (unpaired) electrons. The van der Waals surface area contributed by atoms with E-state index < -0.39 is 0 Å². The minimum Gasteiger partial charge on any atom is -0.507 e. The predicted molar refractivity (Wildman–Crippen MR) is 92.4 cm³/mol. The second kappa shape index (κ2) is 6.78. The fraction of sp³-hybridized carbons (Fsp3) is 0.350. The molecule has 1 N–H and O–H groups in total. The third-order valence-electron chi connectivity index (χ3n) is 4.58. The minimum atomic E-state index is 0.277. The second-order valence-electron chi connectivity index (χ2n) is 6.16. The SMILES string of the molecule is Cc1cccc(C2CCCCC2)c1N=Cc1ccccc1O. The Hall–Kier alpha value is -2.09. The van der Waals surface area contributed by atoms with E-state index in [0.29, 0.717) is 5.92 Å². The van der Waals surface area contributed by atoms with Crippen molar-refractivity contribution in [2.75, 3.05) is 0 Å². The summed E-state index contributed by atoms with van der Waals surface area (Å²) in [5.41, 5.74) is 4.42. The molecule has 0 bridgehead atoms. The Morgan fingerprint density at radius 3 is 2.55 bits per heavy atom. The maximum atomic E-state index is 9.88. The van der Waals surface area contributed by atoms with Crippen LogP contribution >= 0.6 is 0 Å². The van der Waals surface area contributed by atoms with E-state index in [9.17, 15) is 5.11 Å². The first kappa shape index (κ1) is 14.8. The summed E-state index contributed by atoms with van der Waals surface area (Å²) in [5, 5.41) is 9.88. The van der Waals surface area contributed by atoms with Gasteiger partial charge in [-0.05, 0) is 48.9 Å². The Morgan fingerprint density at radius 1 is 1.00 bits per heavy atom. The van der Waals surface area contributed by atoms with Gasteiger partial charge >= 0.3 is 0 Å². The van der Waals surface area contributed by atoms with Crippen molar-refractivity contribution in [3.8, 4) is 5.75 Å². The molecule has 1 saturated carbocycles. The highest BCUT2D eigenvalue weighted by Gasteiger charge is 2.19. The van der Waals surface area contributed by atoms with Crippen LogP contribution in [0.15, 0.2) is 47.5 Å². The average Bonchev–Trinajstić information content (AvgIpc) is 2.56. The number of phenols is 1. The lowest BCUT2D eigenvalue weighted by Gasteiger charge is -2.24. The first-order valence-electron chi connectivity index (χ1n) is 8.17. The summed E-state index contributed by atoms with van der Waals surface area (Å²) in [6.45, 7) is 2.11. The third kappa shape index (κ3) is 3.22. The summed E-state index contributed by atoms with van der Waals surface area (Å²) in [5.74, 6) is 0.907. The zero-order chi connectivity index (χ0) is 15.4. The summed E-state index contributed by atoms with van der Waals surface area (Å²) >= 11 is 0. The van der Waals surface area contributed by atoms with Crippen molar-refractivity contribution in [3.05, 3.63) is 59.2 Å². The Bertz CT molecular complexity index is 669. The smallest absolute Gasteiger partial charge is 0.124 e. The van der Waals surface area contributed by atoms with Crippen LogP contribution < -0.4 is 0 Å². The van der Waals surface area contributed by atoms with Crippen LogP contribution in [0.1, 0.15) is 54.7 Å². The number of aromatic hydroxyl groups is 1. The van der Waals surface area contributed by atoms with Crippen molar-refractivity contribution in [1.29, 1.82) is 0 Å². The highest BCUT2D eigenvalue weighted by Crippen LogP contribution is 2.39. The van der Waals surface area contributed by atoms with E-state index in [0.717, 1.165) is 11.3 Å². The number of nitrogens with zero attached hydrogens (tertiary/aromatic N) is 1. The number of hydrogen-bond acceptors (Lipinski definition) is 2. The van der Waals surface area contributed by atoms with E-state index in [1.807, 2.05) is 18.2 Å². The van der Waals surface area contributed by atoms with Crippen molar-refractivity contribution in [1.82, 2.24) is 0 Å². The summed E-state index contributed by atoms with van der Waals surface area (Å²) in [6.07, 6.45) is 8.32. The van der Waals surface area contributed by atoms with E-state index in [2.05, 4.69) is 25.1 Å². The molecule has 114 valence electrons. The minimum absolute atomic E-state index is 0.277. The van der Waals surface area contributed by atoms with Crippen molar-refractivity contribution < 1.29 is 5.11 Å². The molecule has 1 aliphatic carbocycles. The van der Waals surface area contributed by atoms with Crippen LogP contribution in [0.4, 0.5) is 5.69 Å². The molecule has 0 atom stereocenters. The van der Waals surface area contributed by atoms with Crippen LogP contribution in [0.5, 0.6) is 5.75 Å². The van der Waals surface area contributed by atoms with Gasteiger partial charge in [0, 0.05) is 11.8 Å². The highest BCUT2D eigenvalue weighted by atomic mass is 16.3. The number of benzene rings is 2. The van der Waals surface area contributed by atoms with Gasteiger partial charge in [-0.2, -0.15) is 0 Å². The first-order valence-corrected chi connectivity index (χ1v) is 8.17. The molecule has 2 aromatic carbocycles. The Kier molecular flexibility index (Phi) is 4.57. The Balaban J connectivity index is 1.94. The second-order valence-corrected chi connectivity index (χ2v) is 6.16. The van der Waals surface area contributed by atoms with Gasteiger partial charge in [0.15, 0.2) is 0 Å². The summed E-state index contributed by atoms with van der Waals surface area (Å²) in [6, 6.07) is 13.8. The maximum Gasteiger partial charge on any atom is 0.124 e. The fourth-order valence-corrected chi connectivity index (χ4v) is 3.33. The molecule has 0 unspecified atom stereocenters. The Morgan fingerprint density at radius 2 is 1.77 bits per heavy atom. The van der Waals surface area contributed by atoms with Gasteiger partial charge in [0.05, 0.1) is 5.69 Å². The average molecular weight is 293 g/mol. The number of phenolic OH excluding ortho intramolecular Hbond substituents is 1. The van der Waals surface area contributed by atoms with Crippen LogP contribution in [0.2, 0.25) is 0 Å². The molecule has 1 fully saturated rings. The number of para-hydroxylation sites is 2. The normalized spacial score (nSPS) is 16.2. The lowest BCUT2D eigenvalue weighted by atomic mass is 9.83. The van der Waals surface area contributed by atoms with Crippen molar-refractivity contribution in [2.45, 2.75) is 44.9 Å². The van der Waals surface area contributed by atoms with Gasteiger partial charge < -0.3 is 5.11 Å². The summed E-state index contributed by atoms with van der Waals surface area (Å²) in [7, 11) is 0. The van der Waals surface area contributed by atoms with Gasteiger partial charge in [-0.25, -0.2) is 0 Å². The molecule has 0 spiro atoms. The molecule has 0 amide bonds. The topological polar surface area (TPSA) is 32.6 Å². The Labute approximate surface area is 132 Å². The standard InChI is InChI=1S/C20H23NO/c1-15-8-7-12-18(16-9-3-2-4-10-16)20(15)21-14-17-11-5-6-13-19(17)22/h5-8,11-14,16,22H,2-4,9-10H2,1H3. The van der Waals surface area contributed by atoms with Gasteiger partial charge in [-0.1, -0.05) is 49.6 Å². The van der Waals surface area contributed by atoms with Crippen LogP contribution in [-0.2, 0) is 0 Å². The summed E-state index contributed by atoms with van der Waals surface area (Å²) < 4.78 is 0. The van der Waals surface area contributed by atoms with Gasteiger partial charge in [0.2, 0.25) is 0 Å². The molecule has 0 aliphatic heterocycles. The molecule has 0 saturated heterocycles. The van der Waals surface area contributed by atoms with Crippen molar-refractivity contribution in [2.24, 2.45) is 4.99 Å².